The van der Waals surface area contributed by atoms with Crippen LogP contribution in [-0.2, 0) is 0 Å². The molecule has 0 saturated heterocycles. The Morgan fingerprint density at radius 3 is 1.00 bits per heavy atom. The molecule has 0 aromatic heterocycles. The van der Waals surface area contributed by atoms with E-state index in [1.807, 2.05) is 0 Å². The molecule has 0 N–H and O–H groups in total. The minimum absolute atomic E-state index is 1.22. The topological polar surface area (TPSA) is 0 Å². The van der Waals surface area contributed by atoms with Crippen LogP contribution in [-0.4, -0.2) is 6.15 Å². The molecule has 0 aliphatic heterocycles. The number of hydrogen-bond acceptors (Lipinski definition) is 0. The average molecular weight is 457 g/mol. The molecule has 5 rings (SSSR count). The van der Waals surface area contributed by atoms with Crippen molar-refractivity contribution in [1.82, 2.24) is 0 Å². The van der Waals surface area contributed by atoms with Crippen LogP contribution >= 0.6 is 9.24 Å². The quantitative estimate of drug-likeness (QED) is 0.267. The first-order valence-corrected chi connectivity index (χ1v) is 12.4. The first-order chi connectivity index (χ1) is 16.6. The van der Waals surface area contributed by atoms with Gasteiger partial charge in [0.15, 0.2) is 0 Å². The Hall–Kier alpha value is -3.41. The molecule has 0 aliphatic rings. The van der Waals surface area contributed by atoms with Crippen molar-refractivity contribution in [2.75, 3.05) is 0 Å². The van der Waals surface area contributed by atoms with Gasteiger partial charge in [0, 0.05) is 0 Å². The van der Waals surface area contributed by atoms with Crippen LogP contribution in [0.2, 0.25) is 0 Å². The molecule has 0 bridgehead atoms. The molecule has 0 saturated carbocycles. The third-order valence-electron chi connectivity index (χ3n) is 6.84. The Kier molecular flexibility index (Phi) is 7.78. The molecule has 0 amide bonds. The predicted molar refractivity (Wildman–Crippen MR) is 155 cm³/mol. The Balaban J connectivity index is 0.000000257. The number of hydrogen-bond donors (Lipinski definition) is 0. The van der Waals surface area contributed by atoms with E-state index in [4.69, 9.17) is 0 Å². The average Bonchev–Trinajstić information content (AvgIpc) is 2.91. The van der Waals surface area contributed by atoms with E-state index in [1.54, 1.807) is 0 Å². The van der Waals surface area contributed by atoms with Gasteiger partial charge in [-0.25, -0.2) is 0 Å². The SMILES string of the molecule is Cc1cccc(P)c1C.c1ccc([B-](c2ccccc2)(c2ccccc2)c2ccccc2)cc1. The summed E-state index contributed by atoms with van der Waals surface area (Å²) in [5.41, 5.74) is 8.10. The van der Waals surface area contributed by atoms with E-state index >= 15 is 0 Å². The summed E-state index contributed by atoms with van der Waals surface area (Å²) in [6.07, 6.45) is -1.22. The fourth-order valence-electron chi connectivity index (χ4n) is 4.90. The van der Waals surface area contributed by atoms with Crippen LogP contribution in [0.4, 0.5) is 0 Å². The fraction of sp³-hybridized carbons (Fsp3) is 0.0625. The van der Waals surface area contributed by atoms with Crippen molar-refractivity contribution in [3.63, 3.8) is 0 Å². The van der Waals surface area contributed by atoms with Crippen molar-refractivity contribution < 1.29 is 0 Å². The van der Waals surface area contributed by atoms with Gasteiger partial charge in [-0.05, 0) is 30.3 Å². The van der Waals surface area contributed by atoms with Crippen molar-refractivity contribution in [1.29, 1.82) is 0 Å². The summed E-state index contributed by atoms with van der Waals surface area (Å²) in [6.45, 7) is 4.26. The number of aryl methyl sites for hydroxylation is 1. The second-order valence-electron chi connectivity index (χ2n) is 8.80. The van der Waals surface area contributed by atoms with Crippen LogP contribution < -0.4 is 27.2 Å². The molecule has 0 fully saturated rings. The van der Waals surface area contributed by atoms with Gasteiger partial charge in [-0.2, -0.15) is 21.9 Å². The van der Waals surface area contributed by atoms with Gasteiger partial charge in [-0.3, -0.25) is 0 Å². The van der Waals surface area contributed by atoms with Gasteiger partial charge < -0.3 is 0 Å². The zero-order valence-electron chi connectivity index (χ0n) is 19.9. The van der Waals surface area contributed by atoms with Crippen LogP contribution in [0.3, 0.4) is 0 Å². The second kappa shape index (κ2) is 11.1. The van der Waals surface area contributed by atoms with Gasteiger partial charge in [-0.1, -0.05) is 140 Å². The highest BCUT2D eigenvalue weighted by Gasteiger charge is 2.30. The molecule has 168 valence electrons. The van der Waals surface area contributed by atoms with Crippen molar-refractivity contribution in [3.8, 4) is 0 Å². The summed E-state index contributed by atoms with van der Waals surface area (Å²) in [6, 6.07) is 49.8. The van der Waals surface area contributed by atoms with Gasteiger partial charge >= 0.3 is 0 Å². The first kappa shape index (κ1) is 23.7. The molecular weight excluding hydrogens is 426 g/mol. The van der Waals surface area contributed by atoms with Crippen molar-refractivity contribution in [2.24, 2.45) is 0 Å². The Bertz CT molecular complexity index is 1120. The summed E-state index contributed by atoms with van der Waals surface area (Å²) >= 11 is 0. The zero-order chi connectivity index (χ0) is 23.8. The zero-order valence-corrected chi connectivity index (χ0v) is 21.1. The van der Waals surface area contributed by atoms with Crippen LogP contribution in [0.5, 0.6) is 0 Å². The summed E-state index contributed by atoms with van der Waals surface area (Å²) in [7, 11) is 2.72. The van der Waals surface area contributed by atoms with Gasteiger partial charge in [0.25, 0.3) is 0 Å². The fourth-order valence-corrected chi connectivity index (χ4v) is 5.23. The third kappa shape index (κ3) is 4.91. The maximum Gasteiger partial charge on any atom is 0.108 e. The highest BCUT2D eigenvalue weighted by molar-refractivity contribution is 7.27. The van der Waals surface area contributed by atoms with E-state index in [2.05, 4.69) is 163 Å². The Morgan fingerprint density at radius 2 is 0.735 bits per heavy atom. The number of benzene rings is 5. The summed E-state index contributed by atoms with van der Waals surface area (Å²) < 4.78 is 0. The highest BCUT2D eigenvalue weighted by Crippen LogP contribution is 2.09. The first-order valence-electron chi connectivity index (χ1n) is 11.8. The van der Waals surface area contributed by atoms with Crippen molar-refractivity contribution in [2.45, 2.75) is 13.8 Å². The van der Waals surface area contributed by atoms with Crippen molar-refractivity contribution in [3.05, 3.63) is 151 Å². The lowest BCUT2D eigenvalue weighted by Gasteiger charge is -2.44. The smallest absolute Gasteiger partial charge is 0.108 e. The standard InChI is InChI=1S/C24H20B.C8H11P/c1-5-13-21(14-6-1)25(22-15-7-2-8-16-22,23-17-9-3-10-18-23)24-19-11-4-12-20-24;1-6-4-3-5-8(9)7(6)2/h1-20H;3-5H,9H2,1-2H3/q-1;. The lowest BCUT2D eigenvalue weighted by molar-refractivity contribution is 1.37. The summed E-state index contributed by atoms with van der Waals surface area (Å²) in [4.78, 5) is 0. The van der Waals surface area contributed by atoms with E-state index in [1.165, 1.54) is 38.3 Å². The van der Waals surface area contributed by atoms with Crippen LogP contribution in [0, 0.1) is 13.8 Å². The molecule has 0 aliphatic carbocycles. The molecule has 0 spiro atoms. The number of rotatable bonds is 4. The lowest BCUT2D eigenvalue weighted by atomic mass is 9.13. The van der Waals surface area contributed by atoms with E-state index in [0.717, 1.165) is 0 Å². The molecule has 0 nitrogen and oxygen atoms in total. The predicted octanol–water partition coefficient (Wildman–Crippen LogP) is 4.87. The molecule has 0 heterocycles. The molecule has 5 aromatic rings. The lowest BCUT2D eigenvalue weighted by Crippen LogP contribution is -2.74. The van der Waals surface area contributed by atoms with E-state index in [0.29, 0.717) is 0 Å². The molecule has 1 unspecified atom stereocenters. The monoisotopic (exact) mass is 457 g/mol. The highest BCUT2D eigenvalue weighted by atomic mass is 31.0. The van der Waals surface area contributed by atoms with Gasteiger partial charge in [0.05, 0.1) is 0 Å². The second-order valence-corrected chi connectivity index (χ2v) is 9.42. The summed E-state index contributed by atoms with van der Waals surface area (Å²) in [5.74, 6) is 0. The molecule has 0 radical (unpaired) electrons. The normalized spacial score (nSPS) is 10.8. The molecule has 1 atom stereocenters. The van der Waals surface area contributed by atoms with Gasteiger partial charge in [0.1, 0.15) is 6.15 Å². The van der Waals surface area contributed by atoms with E-state index < -0.39 is 6.15 Å². The molecular formula is C32H31BP-. The van der Waals surface area contributed by atoms with E-state index in [-0.39, 0.29) is 0 Å². The Morgan fingerprint density at radius 1 is 0.412 bits per heavy atom. The largest absolute Gasteiger partial charge is 0.195 e. The van der Waals surface area contributed by atoms with Crippen LogP contribution in [0.15, 0.2) is 140 Å². The molecule has 2 heteroatoms. The van der Waals surface area contributed by atoms with Crippen LogP contribution in [0.1, 0.15) is 11.1 Å². The van der Waals surface area contributed by atoms with E-state index in [9.17, 15) is 0 Å². The minimum Gasteiger partial charge on any atom is -0.195 e. The minimum atomic E-state index is -1.22. The van der Waals surface area contributed by atoms with Gasteiger partial charge in [-0.15, -0.1) is 9.24 Å². The van der Waals surface area contributed by atoms with Gasteiger partial charge in [0.2, 0.25) is 0 Å². The molecule has 5 aromatic carbocycles. The summed E-state index contributed by atoms with van der Waals surface area (Å²) in [5, 5.41) is 1.30. The third-order valence-corrected chi connectivity index (χ3v) is 7.47. The maximum atomic E-state index is 2.72. The van der Waals surface area contributed by atoms with Crippen molar-refractivity contribution >= 4 is 42.5 Å². The van der Waals surface area contributed by atoms with Crippen LogP contribution in [0.25, 0.3) is 0 Å². The Labute approximate surface area is 206 Å². The maximum absolute atomic E-state index is 2.72. The molecule has 34 heavy (non-hydrogen) atoms.